The zero-order chi connectivity index (χ0) is 14.5. The Hall–Kier alpha value is -1.96. The zero-order valence-corrected chi connectivity index (χ0v) is 12.4. The predicted molar refractivity (Wildman–Crippen MR) is 82.0 cm³/mol. The monoisotopic (exact) mass is 301 g/mol. The summed E-state index contributed by atoms with van der Waals surface area (Å²) < 4.78 is 4.99. The number of ether oxygens (including phenoxy) is 1. The Morgan fingerprint density at radius 1 is 1.14 bits per heavy atom. The Balaban J connectivity index is 1.75. The average molecular weight is 301 g/mol. The highest BCUT2D eigenvalue weighted by Gasteiger charge is 2.07. The molecule has 0 saturated carbocycles. The van der Waals surface area contributed by atoms with Crippen molar-refractivity contribution in [1.82, 2.24) is 25.5 Å². The van der Waals surface area contributed by atoms with E-state index in [1.807, 2.05) is 18.2 Å². The third-order valence-electron chi connectivity index (χ3n) is 2.94. The number of aromatic nitrogens is 4. The maximum Gasteiger partial charge on any atom is 0.147 e. The minimum Gasteiger partial charge on any atom is -0.383 e. The van der Waals surface area contributed by atoms with Crippen LogP contribution in [0.4, 0.5) is 0 Å². The lowest BCUT2D eigenvalue weighted by Crippen LogP contribution is -2.18. The van der Waals surface area contributed by atoms with Gasteiger partial charge in [-0.1, -0.05) is 11.3 Å². The van der Waals surface area contributed by atoms with Crippen molar-refractivity contribution in [3.63, 3.8) is 0 Å². The third kappa shape index (κ3) is 3.38. The molecule has 21 heavy (non-hydrogen) atoms. The van der Waals surface area contributed by atoms with Gasteiger partial charge in [-0.3, -0.25) is 9.97 Å². The van der Waals surface area contributed by atoms with E-state index in [1.165, 1.54) is 0 Å². The summed E-state index contributed by atoms with van der Waals surface area (Å²) in [5.41, 5.74) is 2.76. The normalized spacial score (nSPS) is 11.1. The topological polar surface area (TPSA) is 72.8 Å². The molecule has 0 atom stereocenters. The fourth-order valence-electron chi connectivity index (χ4n) is 1.91. The van der Waals surface area contributed by atoms with Crippen LogP contribution in [0.15, 0.2) is 30.6 Å². The smallest absolute Gasteiger partial charge is 0.147 e. The van der Waals surface area contributed by atoms with Crippen LogP contribution in [0.2, 0.25) is 0 Å². The van der Waals surface area contributed by atoms with Crippen LogP contribution in [0, 0.1) is 0 Å². The van der Waals surface area contributed by atoms with Crippen LogP contribution in [0.5, 0.6) is 0 Å². The summed E-state index contributed by atoms with van der Waals surface area (Å²) in [6.07, 6.45) is 3.38. The van der Waals surface area contributed by atoms with Gasteiger partial charge in [0.1, 0.15) is 10.0 Å². The largest absolute Gasteiger partial charge is 0.383 e. The second kappa shape index (κ2) is 6.66. The quantitative estimate of drug-likeness (QED) is 0.701. The van der Waals surface area contributed by atoms with Crippen molar-refractivity contribution in [2.24, 2.45) is 0 Å². The first-order chi connectivity index (χ1) is 10.4. The minimum atomic E-state index is 0.689. The molecule has 0 saturated heterocycles. The molecule has 3 aromatic rings. The summed E-state index contributed by atoms with van der Waals surface area (Å²) in [6.45, 7) is 2.19. The van der Waals surface area contributed by atoms with Crippen LogP contribution in [-0.4, -0.2) is 40.4 Å². The van der Waals surface area contributed by atoms with Gasteiger partial charge in [0.25, 0.3) is 0 Å². The van der Waals surface area contributed by atoms with Gasteiger partial charge >= 0.3 is 0 Å². The first-order valence-electron chi connectivity index (χ1n) is 6.60. The summed E-state index contributed by atoms with van der Waals surface area (Å²) in [4.78, 5) is 8.57. The number of rotatable bonds is 6. The number of nitrogens with one attached hydrogen (secondary N) is 1. The molecule has 1 N–H and O–H groups in total. The molecule has 7 heteroatoms. The van der Waals surface area contributed by atoms with Gasteiger partial charge in [-0.05, 0) is 18.2 Å². The summed E-state index contributed by atoms with van der Waals surface area (Å²) >= 11 is 1.58. The second-order valence-electron chi connectivity index (χ2n) is 4.43. The molecule has 3 rings (SSSR count). The van der Waals surface area contributed by atoms with Crippen molar-refractivity contribution in [1.29, 1.82) is 0 Å². The minimum absolute atomic E-state index is 0.689. The van der Waals surface area contributed by atoms with E-state index in [-0.39, 0.29) is 0 Å². The lowest BCUT2D eigenvalue weighted by atomic mass is 10.2. The van der Waals surface area contributed by atoms with Crippen LogP contribution >= 0.6 is 11.3 Å². The molecule has 2 aromatic heterocycles. The van der Waals surface area contributed by atoms with E-state index < -0.39 is 0 Å². The number of benzene rings is 1. The van der Waals surface area contributed by atoms with E-state index in [4.69, 9.17) is 4.74 Å². The third-order valence-corrected chi connectivity index (χ3v) is 3.91. The summed E-state index contributed by atoms with van der Waals surface area (Å²) in [6, 6.07) is 5.94. The maximum absolute atomic E-state index is 4.99. The Morgan fingerprint density at radius 3 is 2.86 bits per heavy atom. The number of nitrogens with zero attached hydrogens (tertiary/aromatic N) is 4. The van der Waals surface area contributed by atoms with Crippen molar-refractivity contribution < 1.29 is 4.74 Å². The summed E-state index contributed by atoms with van der Waals surface area (Å²) in [5.74, 6) is 0. The molecule has 0 aliphatic heterocycles. The van der Waals surface area contributed by atoms with Gasteiger partial charge in [-0.25, -0.2) is 0 Å². The highest BCUT2D eigenvalue weighted by Crippen LogP contribution is 2.25. The molecule has 0 amide bonds. The number of hydrogen-bond acceptors (Lipinski definition) is 7. The first kappa shape index (κ1) is 14.0. The summed E-state index contributed by atoms with van der Waals surface area (Å²) in [5, 5.41) is 13.6. The van der Waals surface area contributed by atoms with E-state index >= 15 is 0 Å². The van der Waals surface area contributed by atoms with Crippen LogP contribution in [0.1, 0.15) is 5.01 Å². The van der Waals surface area contributed by atoms with Crippen LogP contribution in [0.25, 0.3) is 21.6 Å². The van der Waals surface area contributed by atoms with E-state index in [0.29, 0.717) is 13.2 Å². The highest BCUT2D eigenvalue weighted by molar-refractivity contribution is 7.14. The van der Waals surface area contributed by atoms with Gasteiger partial charge in [0.15, 0.2) is 0 Å². The summed E-state index contributed by atoms with van der Waals surface area (Å²) in [7, 11) is 1.69. The second-order valence-corrected chi connectivity index (χ2v) is 5.49. The molecule has 108 valence electrons. The van der Waals surface area contributed by atoms with Crippen molar-refractivity contribution in [3.05, 3.63) is 35.6 Å². The molecule has 0 fully saturated rings. The lowest BCUT2D eigenvalue weighted by Gasteiger charge is -1.99. The van der Waals surface area contributed by atoms with E-state index in [9.17, 15) is 0 Å². The molecule has 6 nitrogen and oxygen atoms in total. The number of methoxy groups -OCH3 is 1. The van der Waals surface area contributed by atoms with Crippen LogP contribution < -0.4 is 5.32 Å². The molecule has 0 aliphatic carbocycles. The van der Waals surface area contributed by atoms with Gasteiger partial charge in [0, 0.05) is 38.2 Å². The molecular weight excluding hydrogens is 286 g/mol. The van der Waals surface area contributed by atoms with Gasteiger partial charge in [0.2, 0.25) is 0 Å². The molecule has 0 radical (unpaired) electrons. The van der Waals surface area contributed by atoms with E-state index in [2.05, 4.69) is 25.5 Å². The van der Waals surface area contributed by atoms with Crippen molar-refractivity contribution >= 4 is 22.4 Å². The van der Waals surface area contributed by atoms with E-state index in [1.54, 1.807) is 30.8 Å². The highest BCUT2D eigenvalue weighted by atomic mass is 32.1. The van der Waals surface area contributed by atoms with Gasteiger partial charge in [-0.2, -0.15) is 0 Å². The number of hydrogen-bond donors (Lipinski definition) is 1. The van der Waals surface area contributed by atoms with Crippen LogP contribution in [-0.2, 0) is 11.3 Å². The van der Waals surface area contributed by atoms with Crippen molar-refractivity contribution in [3.8, 4) is 10.6 Å². The first-order valence-corrected chi connectivity index (χ1v) is 7.41. The lowest BCUT2D eigenvalue weighted by molar-refractivity contribution is 0.199. The fourth-order valence-corrected chi connectivity index (χ4v) is 2.71. The molecule has 2 heterocycles. The van der Waals surface area contributed by atoms with Crippen molar-refractivity contribution in [2.45, 2.75) is 6.54 Å². The van der Waals surface area contributed by atoms with Crippen LogP contribution in [0.3, 0.4) is 0 Å². The fraction of sp³-hybridized carbons (Fsp3) is 0.286. The molecule has 0 spiro atoms. The molecule has 0 aliphatic rings. The predicted octanol–water partition coefficient (Wildman–Crippen LogP) is 1.88. The van der Waals surface area contributed by atoms with Gasteiger partial charge in [-0.15, -0.1) is 10.2 Å². The molecule has 0 unspecified atom stereocenters. The molecular formula is C14H15N5OS. The SMILES string of the molecule is COCCNCc1nnc(-c2ccc3nccnc3c2)s1. The Morgan fingerprint density at radius 2 is 2.00 bits per heavy atom. The molecule has 0 bridgehead atoms. The Bertz CT molecular complexity index is 730. The average Bonchev–Trinajstić information content (AvgIpc) is 3.00. The number of fused-ring (bicyclic) bond motifs is 1. The maximum atomic E-state index is 4.99. The molecule has 1 aromatic carbocycles. The Labute approximate surface area is 126 Å². The Kier molecular flexibility index (Phi) is 4.44. The van der Waals surface area contributed by atoms with E-state index in [0.717, 1.165) is 33.2 Å². The van der Waals surface area contributed by atoms with Gasteiger partial charge < -0.3 is 10.1 Å². The standard InChI is InChI=1S/C14H15N5OS/c1-20-7-6-15-9-13-18-19-14(21-13)10-2-3-11-12(8-10)17-5-4-16-11/h2-5,8,15H,6-7,9H2,1H3. The van der Waals surface area contributed by atoms with Gasteiger partial charge in [0.05, 0.1) is 17.6 Å². The van der Waals surface area contributed by atoms with Crippen molar-refractivity contribution in [2.75, 3.05) is 20.3 Å². The zero-order valence-electron chi connectivity index (χ0n) is 11.6.